The lowest BCUT2D eigenvalue weighted by atomic mass is 10.1. The van der Waals surface area contributed by atoms with Crippen LogP contribution in [-0.4, -0.2) is 14.7 Å². The fourth-order valence-electron chi connectivity index (χ4n) is 3.45. The second-order valence-electron chi connectivity index (χ2n) is 7.45. The molecule has 0 fully saturated rings. The minimum atomic E-state index is -0.691. The number of benzene rings is 1. The smallest absolute Gasteiger partial charge is 0.115 e. The Morgan fingerprint density at radius 3 is 2.21 bits per heavy atom. The fraction of sp³-hybridized carbons (Fsp3) is 0.542. The van der Waals surface area contributed by atoms with Crippen molar-refractivity contribution in [2.24, 2.45) is 0 Å². The molecule has 0 aliphatic rings. The van der Waals surface area contributed by atoms with Crippen LogP contribution in [-0.2, 0) is 13.0 Å². The largest absolute Gasteiger partial charge is 0.383 e. The number of nitrogens with zero attached hydrogens (tertiary/aromatic N) is 2. The topological polar surface area (TPSA) is 38.0 Å². The maximum atomic E-state index is 10.1. The maximum Gasteiger partial charge on any atom is 0.115 e. The third-order valence-corrected chi connectivity index (χ3v) is 5.10. The first-order valence-corrected chi connectivity index (χ1v) is 10.6. The van der Waals surface area contributed by atoms with E-state index in [1.165, 1.54) is 63.0 Å². The van der Waals surface area contributed by atoms with Crippen LogP contribution in [0.3, 0.4) is 0 Å². The number of aliphatic hydroxyl groups is 1. The summed E-state index contributed by atoms with van der Waals surface area (Å²) in [5, 5.41) is 10.1. The molecule has 0 saturated heterocycles. The lowest BCUT2D eigenvalue weighted by Crippen LogP contribution is -2.04. The molecule has 1 unspecified atom stereocenters. The number of aromatic nitrogens is 2. The van der Waals surface area contributed by atoms with Crippen molar-refractivity contribution in [3.8, 4) is 0 Å². The van der Waals surface area contributed by atoms with Crippen LogP contribution in [0.5, 0.6) is 0 Å². The summed E-state index contributed by atoms with van der Waals surface area (Å²) in [5.41, 5.74) is 1.95. The van der Waals surface area contributed by atoms with Gasteiger partial charge < -0.3 is 9.67 Å². The lowest BCUT2D eigenvalue weighted by molar-refractivity contribution is 0.224. The molecule has 0 radical (unpaired) electrons. The monoisotopic (exact) mass is 404 g/mol. The van der Waals surface area contributed by atoms with Crippen LogP contribution in [0.25, 0.3) is 0 Å². The first kappa shape index (κ1) is 24.5. The van der Waals surface area contributed by atoms with E-state index in [1.807, 2.05) is 12.3 Å². The van der Waals surface area contributed by atoms with Crippen LogP contribution in [0.2, 0.25) is 0 Å². The van der Waals surface area contributed by atoms with Gasteiger partial charge in [0, 0.05) is 19.2 Å². The van der Waals surface area contributed by atoms with Crippen molar-refractivity contribution >= 4 is 12.4 Å². The summed E-state index contributed by atoms with van der Waals surface area (Å²) < 4.78 is 2.18. The average molecular weight is 405 g/mol. The number of aliphatic hydroxyl groups excluding tert-OH is 1. The molecule has 1 aromatic heterocycles. The molecule has 0 aliphatic heterocycles. The molecule has 0 amide bonds. The normalized spacial score (nSPS) is 11.8. The molecule has 2 aromatic rings. The summed E-state index contributed by atoms with van der Waals surface area (Å²) in [7, 11) is 0. The molecular weight excluding hydrogens is 368 g/mol. The first-order valence-electron chi connectivity index (χ1n) is 10.6. The van der Waals surface area contributed by atoms with Gasteiger partial charge in [-0.2, -0.15) is 0 Å². The SMILES string of the molecule is C=CC(O)c1cn(Cc2ccccc2)c(CCCCCCCCCCC)n1.Cl. The Balaban J connectivity index is 0.00000392. The Morgan fingerprint density at radius 1 is 1.00 bits per heavy atom. The minimum absolute atomic E-state index is 0. The molecule has 0 saturated carbocycles. The second kappa shape index (κ2) is 14.4. The van der Waals surface area contributed by atoms with E-state index >= 15 is 0 Å². The number of hydrogen-bond donors (Lipinski definition) is 1. The molecule has 0 spiro atoms. The zero-order chi connectivity index (χ0) is 19.3. The van der Waals surface area contributed by atoms with Crippen molar-refractivity contribution in [3.05, 3.63) is 66.3 Å². The van der Waals surface area contributed by atoms with E-state index in [0.29, 0.717) is 5.69 Å². The quantitative estimate of drug-likeness (QED) is 0.283. The van der Waals surface area contributed by atoms with Gasteiger partial charge in [-0.15, -0.1) is 19.0 Å². The van der Waals surface area contributed by atoms with Gasteiger partial charge in [0.2, 0.25) is 0 Å². The number of hydrogen-bond acceptors (Lipinski definition) is 2. The highest BCUT2D eigenvalue weighted by Crippen LogP contribution is 2.18. The van der Waals surface area contributed by atoms with Crippen molar-refractivity contribution in [1.82, 2.24) is 9.55 Å². The highest BCUT2D eigenvalue weighted by atomic mass is 35.5. The predicted octanol–water partition coefficient (Wildman–Crippen LogP) is 6.65. The Kier molecular flexibility index (Phi) is 12.6. The highest BCUT2D eigenvalue weighted by molar-refractivity contribution is 5.85. The predicted molar refractivity (Wildman–Crippen MR) is 121 cm³/mol. The van der Waals surface area contributed by atoms with Gasteiger partial charge in [0.05, 0.1) is 5.69 Å². The van der Waals surface area contributed by atoms with Crippen LogP contribution < -0.4 is 0 Å². The van der Waals surface area contributed by atoms with E-state index in [2.05, 4.69) is 47.3 Å². The standard InChI is InChI=1S/C24H36N2O.ClH/c1-3-5-6-7-8-9-10-11-15-18-24-25-22(23(27)4-2)20-26(24)19-21-16-13-12-14-17-21;/h4,12-14,16-17,20,23,27H,2-3,5-11,15,18-19H2,1H3;1H. The lowest BCUT2D eigenvalue weighted by Gasteiger charge is -2.08. The molecule has 156 valence electrons. The van der Waals surface area contributed by atoms with Gasteiger partial charge in [0.25, 0.3) is 0 Å². The molecule has 1 heterocycles. The molecular formula is C24H37ClN2O. The van der Waals surface area contributed by atoms with E-state index < -0.39 is 6.10 Å². The maximum absolute atomic E-state index is 10.1. The zero-order valence-corrected chi connectivity index (χ0v) is 18.2. The van der Waals surface area contributed by atoms with Crippen molar-refractivity contribution in [3.63, 3.8) is 0 Å². The van der Waals surface area contributed by atoms with Crippen molar-refractivity contribution < 1.29 is 5.11 Å². The van der Waals surface area contributed by atoms with Gasteiger partial charge >= 0.3 is 0 Å². The van der Waals surface area contributed by atoms with Gasteiger partial charge in [-0.05, 0) is 12.0 Å². The molecule has 0 bridgehead atoms. The minimum Gasteiger partial charge on any atom is -0.383 e. The Labute approximate surface area is 177 Å². The van der Waals surface area contributed by atoms with E-state index in [1.54, 1.807) is 0 Å². The molecule has 1 atom stereocenters. The van der Waals surface area contributed by atoms with E-state index in [-0.39, 0.29) is 12.4 Å². The fourth-order valence-corrected chi connectivity index (χ4v) is 3.45. The summed E-state index contributed by atoms with van der Waals surface area (Å²) in [6.07, 6.45) is 15.7. The number of rotatable bonds is 14. The van der Waals surface area contributed by atoms with E-state index in [0.717, 1.165) is 25.2 Å². The molecule has 28 heavy (non-hydrogen) atoms. The van der Waals surface area contributed by atoms with Gasteiger partial charge in [-0.25, -0.2) is 4.98 Å². The summed E-state index contributed by atoms with van der Waals surface area (Å²) in [6, 6.07) is 10.4. The van der Waals surface area contributed by atoms with E-state index in [9.17, 15) is 5.11 Å². The molecule has 2 rings (SSSR count). The third kappa shape index (κ3) is 8.62. The molecule has 1 aromatic carbocycles. The summed E-state index contributed by atoms with van der Waals surface area (Å²) in [5.74, 6) is 1.07. The third-order valence-electron chi connectivity index (χ3n) is 5.10. The zero-order valence-electron chi connectivity index (χ0n) is 17.4. The molecule has 3 nitrogen and oxygen atoms in total. The highest BCUT2D eigenvalue weighted by Gasteiger charge is 2.12. The number of imidazole rings is 1. The van der Waals surface area contributed by atoms with Crippen molar-refractivity contribution in [2.75, 3.05) is 0 Å². The summed E-state index contributed by atoms with van der Waals surface area (Å²) in [4.78, 5) is 4.69. The van der Waals surface area contributed by atoms with Crippen LogP contribution in [0.4, 0.5) is 0 Å². The van der Waals surface area contributed by atoms with E-state index in [4.69, 9.17) is 0 Å². The van der Waals surface area contributed by atoms with Crippen LogP contribution in [0.15, 0.2) is 49.2 Å². The first-order chi connectivity index (χ1) is 13.2. The summed E-state index contributed by atoms with van der Waals surface area (Å²) in [6.45, 7) is 6.74. The number of unbranched alkanes of at least 4 members (excludes halogenated alkanes) is 8. The molecule has 1 N–H and O–H groups in total. The van der Waals surface area contributed by atoms with Gasteiger partial charge in [0.1, 0.15) is 11.9 Å². The van der Waals surface area contributed by atoms with Crippen molar-refractivity contribution in [2.45, 2.75) is 83.8 Å². The summed E-state index contributed by atoms with van der Waals surface area (Å²) >= 11 is 0. The number of halogens is 1. The Bertz CT molecular complexity index is 654. The van der Waals surface area contributed by atoms with Gasteiger partial charge in [-0.3, -0.25) is 0 Å². The van der Waals surface area contributed by atoms with Crippen LogP contribution in [0.1, 0.15) is 87.9 Å². The van der Waals surface area contributed by atoms with Crippen molar-refractivity contribution in [1.29, 1.82) is 0 Å². The second-order valence-corrected chi connectivity index (χ2v) is 7.45. The average Bonchev–Trinajstić information content (AvgIpc) is 3.09. The molecule has 4 heteroatoms. The number of aryl methyl sites for hydroxylation is 1. The Morgan fingerprint density at radius 2 is 1.61 bits per heavy atom. The van der Waals surface area contributed by atoms with Gasteiger partial charge in [0.15, 0.2) is 0 Å². The van der Waals surface area contributed by atoms with Gasteiger partial charge in [-0.1, -0.05) is 94.7 Å². The molecule has 0 aliphatic carbocycles. The van der Waals surface area contributed by atoms with Crippen LogP contribution in [0, 0.1) is 0 Å². The van der Waals surface area contributed by atoms with Crippen LogP contribution >= 0.6 is 12.4 Å². The Hall–Kier alpha value is -1.58.